The Morgan fingerprint density at radius 1 is 0.943 bits per heavy atom. The molecule has 3 aromatic carbocycles. The fourth-order valence-electron chi connectivity index (χ4n) is 4.79. The van der Waals surface area contributed by atoms with Crippen LogP contribution in [0.1, 0.15) is 36.6 Å². The molecule has 0 spiro atoms. The Labute approximate surface area is 206 Å². The van der Waals surface area contributed by atoms with Crippen LogP contribution in [0.5, 0.6) is 11.5 Å². The van der Waals surface area contributed by atoms with Gasteiger partial charge in [0, 0.05) is 31.1 Å². The van der Waals surface area contributed by atoms with Crippen molar-refractivity contribution >= 4 is 22.6 Å². The summed E-state index contributed by atoms with van der Waals surface area (Å²) in [6.07, 6.45) is 2.34. The molecule has 1 saturated heterocycles. The molecular formula is C29H31N3O3. The number of hydrogen-bond donors (Lipinski definition) is 0. The Kier molecular flexibility index (Phi) is 6.70. The van der Waals surface area contributed by atoms with Gasteiger partial charge in [-0.1, -0.05) is 42.0 Å². The molecule has 0 bridgehead atoms. The van der Waals surface area contributed by atoms with E-state index >= 15 is 0 Å². The Balaban J connectivity index is 1.29. The number of aromatic nitrogens is 2. The third-order valence-electron chi connectivity index (χ3n) is 6.62. The van der Waals surface area contributed by atoms with E-state index in [0.29, 0.717) is 19.6 Å². The summed E-state index contributed by atoms with van der Waals surface area (Å²) in [6, 6.07) is 24.1. The zero-order valence-corrected chi connectivity index (χ0v) is 20.3. The number of amides is 1. The summed E-state index contributed by atoms with van der Waals surface area (Å²) < 4.78 is 13.6. The third-order valence-corrected chi connectivity index (χ3v) is 6.62. The zero-order chi connectivity index (χ0) is 24.2. The minimum atomic E-state index is 0.0704. The number of hydrogen-bond acceptors (Lipinski definition) is 4. The number of carbonyl (C=O) groups excluding carboxylic acids is 1. The molecule has 0 saturated carbocycles. The lowest BCUT2D eigenvalue weighted by Gasteiger charge is -2.18. The molecule has 1 aliphatic heterocycles. The molecule has 1 fully saturated rings. The first-order chi connectivity index (χ1) is 17.1. The van der Waals surface area contributed by atoms with Crippen molar-refractivity contribution in [2.24, 2.45) is 0 Å². The number of rotatable bonds is 9. The second-order valence-corrected chi connectivity index (χ2v) is 9.06. The van der Waals surface area contributed by atoms with Gasteiger partial charge in [0.2, 0.25) is 5.91 Å². The van der Waals surface area contributed by atoms with Crippen LogP contribution in [0.4, 0.5) is 5.69 Å². The smallest absolute Gasteiger partial charge is 0.227 e. The number of benzene rings is 3. The minimum Gasteiger partial charge on any atom is -0.493 e. The summed E-state index contributed by atoms with van der Waals surface area (Å²) in [5.41, 5.74) is 4.25. The highest BCUT2D eigenvalue weighted by molar-refractivity contribution is 5.96. The molecule has 1 aromatic heterocycles. The van der Waals surface area contributed by atoms with Gasteiger partial charge in [-0.25, -0.2) is 4.98 Å². The molecule has 1 atom stereocenters. The van der Waals surface area contributed by atoms with Gasteiger partial charge < -0.3 is 18.9 Å². The third kappa shape index (κ3) is 4.87. The fourth-order valence-corrected chi connectivity index (χ4v) is 4.79. The normalized spacial score (nSPS) is 15.7. The summed E-state index contributed by atoms with van der Waals surface area (Å²) >= 11 is 0. The molecule has 0 unspecified atom stereocenters. The van der Waals surface area contributed by atoms with Gasteiger partial charge in [0.05, 0.1) is 24.8 Å². The minimum absolute atomic E-state index is 0.0704. The Morgan fingerprint density at radius 2 is 1.69 bits per heavy atom. The quantitative estimate of drug-likeness (QED) is 0.294. The second kappa shape index (κ2) is 10.2. The van der Waals surface area contributed by atoms with Crippen LogP contribution in [0.25, 0.3) is 11.0 Å². The second-order valence-electron chi connectivity index (χ2n) is 9.06. The van der Waals surface area contributed by atoms with E-state index in [9.17, 15) is 4.79 Å². The van der Waals surface area contributed by atoms with Crippen LogP contribution < -0.4 is 14.4 Å². The molecule has 180 valence electrons. The highest BCUT2D eigenvalue weighted by Crippen LogP contribution is 2.33. The summed E-state index contributed by atoms with van der Waals surface area (Å²) in [5.74, 6) is 2.74. The van der Waals surface area contributed by atoms with Crippen LogP contribution in [0, 0.1) is 6.92 Å². The number of anilines is 1. The molecule has 35 heavy (non-hydrogen) atoms. The Bertz CT molecular complexity index is 1310. The number of para-hydroxylation sites is 4. The van der Waals surface area contributed by atoms with Gasteiger partial charge in [-0.3, -0.25) is 4.79 Å². The first kappa shape index (κ1) is 23.0. The van der Waals surface area contributed by atoms with E-state index < -0.39 is 0 Å². The molecule has 0 N–H and O–H groups in total. The van der Waals surface area contributed by atoms with Crippen LogP contribution in [-0.2, 0) is 11.3 Å². The predicted octanol–water partition coefficient (Wildman–Crippen LogP) is 5.73. The Morgan fingerprint density at radius 3 is 2.49 bits per heavy atom. The van der Waals surface area contributed by atoms with Gasteiger partial charge in [0.1, 0.15) is 5.82 Å². The van der Waals surface area contributed by atoms with Gasteiger partial charge in [0.15, 0.2) is 11.5 Å². The molecule has 4 aromatic rings. The lowest BCUT2D eigenvalue weighted by Crippen LogP contribution is -2.24. The largest absolute Gasteiger partial charge is 0.493 e. The number of fused-ring (bicyclic) bond motifs is 1. The van der Waals surface area contributed by atoms with Crippen molar-refractivity contribution in [1.29, 1.82) is 0 Å². The highest BCUT2D eigenvalue weighted by Gasteiger charge is 2.34. The van der Waals surface area contributed by atoms with E-state index in [1.165, 1.54) is 5.56 Å². The lowest BCUT2D eigenvalue weighted by atomic mass is 10.1. The van der Waals surface area contributed by atoms with E-state index in [1.807, 2.05) is 53.4 Å². The van der Waals surface area contributed by atoms with E-state index in [1.54, 1.807) is 7.11 Å². The summed E-state index contributed by atoms with van der Waals surface area (Å²) in [5, 5.41) is 0. The molecule has 1 aliphatic rings. The number of nitrogens with zero attached hydrogens (tertiary/aromatic N) is 3. The van der Waals surface area contributed by atoms with Crippen LogP contribution in [0.3, 0.4) is 0 Å². The molecular weight excluding hydrogens is 438 g/mol. The summed E-state index contributed by atoms with van der Waals surface area (Å²) in [6.45, 7) is 4.16. The number of aryl methyl sites for hydroxylation is 2. The van der Waals surface area contributed by atoms with Gasteiger partial charge in [-0.05, 0) is 56.2 Å². The summed E-state index contributed by atoms with van der Waals surface area (Å²) in [4.78, 5) is 19.8. The van der Waals surface area contributed by atoms with Crippen molar-refractivity contribution in [2.75, 3.05) is 25.2 Å². The van der Waals surface area contributed by atoms with E-state index in [2.05, 4.69) is 35.8 Å². The van der Waals surface area contributed by atoms with Gasteiger partial charge in [0.25, 0.3) is 0 Å². The van der Waals surface area contributed by atoms with Crippen LogP contribution in [0.2, 0.25) is 0 Å². The molecule has 6 heteroatoms. The predicted molar refractivity (Wildman–Crippen MR) is 138 cm³/mol. The van der Waals surface area contributed by atoms with Crippen LogP contribution >= 0.6 is 0 Å². The van der Waals surface area contributed by atoms with E-state index in [-0.39, 0.29) is 11.8 Å². The maximum atomic E-state index is 12.9. The van der Waals surface area contributed by atoms with Gasteiger partial charge >= 0.3 is 0 Å². The van der Waals surface area contributed by atoms with Crippen LogP contribution in [0.15, 0.2) is 72.8 Å². The number of carbonyl (C=O) groups is 1. The first-order valence-electron chi connectivity index (χ1n) is 12.2. The Hall–Kier alpha value is -3.80. The van der Waals surface area contributed by atoms with Crippen molar-refractivity contribution < 1.29 is 14.3 Å². The first-order valence-corrected chi connectivity index (χ1v) is 12.2. The molecule has 1 amide bonds. The van der Waals surface area contributed by atoms with E-state index in [4.69, 9.17) is 14.5 Å². The van der Waals surface area contributed by atoms with Crippen molar-refractivity contribution in [3.8, 4) is 11.5 Å². The maximum Gasteiger partial charge on any atom is 0.227 e. The molecule has 2 heterocycles. The maximum absolute atomic E-state index is 12.9. The van der Waals surface area contributed by atoms with Gasteiger partial charge in [-0.15, -0.1) is 0 Å². The number of ether oxygens (including phenoxy) is 2. The van der Waals surface area contributed by atoms with Crippen molar-refractivity contribution in [2.45, 2.75) is 38.6 Å². The van der Waals surface area contributed by atoms with Crippen LogP contribution in [-0.4, -0.2) is 35.7 Å². The van der Waals surface area contributed by atoms with Crippen molar-refractivity contribution in [3.05, 3.63) is 84.2 Å². The molecule has 5 rings (SSSR count). The van der Waals surface area contributed by atoms with Crippen molar-refractivity contribution in [3.63, 3.8) is 0 Å². The fraction of sp³-hybridized carbons (Fsp3) is 0.310. The molecule has 6 nitrogen and oxygen atoms in total. The topological polar surface area (TPSA) is 56.6 Å². The zero-order valence-electron chi connectivity index (χ0n) is 20.3. The SMILES string of the molecule is COc1ccccc1OCCCCn1c([C@H]2CC(=O)N(c3ccc(C)cc3)C2)nc2ccccc21. The lowest BCUT2D eigenvalue weighted by molar-refractivity contribution is -0.117. The average molecular weight is 470 g/mol. The standard InChI is InChI=1S/C29H31N3O3/c1-21-13-15-23(16-14-21)32-20-22(19-28(32)33)29-30-24-9-3-4-10-25(24)31(29)17-7-8-18-35-27-12-6-5-11-26(27)34-2/h3-6,9-16,22H,7-8,17-20H2,1-2H3/t22-/m0/s1. The van der Waals surface area contributed by atoms with E-state index in [0.717, 1.165) is 53.4 Å². The van der Waals surface area contributed by atoms with Gasteiger partial charge in [-0.2, -0.15) is 0 Å². The number of methoxy groups -OCH3 is 1. The highest BCUT2D eigenvalue weighted by atomic mass is 16.5. The van der Waals surface area contributed by atoms with Crippen molar-refractivity contribution in [1.82, 2.24) is 9.55 Å². The molecule has 0 radical (unpaired) electrons. The number of unbranched alkanes of at least 4 members (excludes halogenated alkanes) is 1. The number of imidazole rings is 1. The summed E-state index contributed by atoms with van der Waals surface area (Å²) in [7, 11) is 1.65. The molecule has 0 aliphatic carbocycles. The monoisotopic (exact) mass is 469 g/mol. The average Bonchev–Trinajstić information content (AvgIpc) is 3.45.